The van der Waals surface area contributed by atoms with Gasteiger partial charge in [-0.25, -0.2) is 4.98 Å². The predicted octanol–water partition coefficient (Wildman–Crippen LogP) is 0.554. The molecule has 4 rings (SSSR count). The lowest BCUT2D eigenvalue weighted by Gasteiger charge is -2.38. The molecule has 1 N–H and O–H groups in total. The molecule has 0 atom stereocenters. The highest BCUT2D eigenvalue weighted by atomic mass is 15.4. The number of fused-ring (bicyclic) bond motifs is 1. The summed E-state index contributed by atoms with van der Waals surface area (Å²) in [5.74, 6) is 2.72. The van der Waals surface area contributed by atoms with E-state index in [1.165, 1.54) is 32.5 Å². The molecule has 23 heavy (non-hydrogen) atoms. The van der Waals surface area contributed by atoms with Crippen LogP contribution in [0.2, 0.25) is 0 Å². The maximum absolute atomic E-state index is 4.50. The zero-order chi connectivity index (χ0) is 15.6. The van der Waals surface area contributed by atoms with Gasteiger partial charge >= 0.3 is 0 Å². The summed E-state index contributed by atoms with van der Waals surface area (Å²) in [4.78, 5) is 13.7. The molecular formula is C16H25N7. The van der Waals surface area contributed by atoms with Gasteiger partial charge in [0.25, 0.3) is 0 Å². The number of hydrogen-bond acceptors (Lipinski definition) is 6. The molecule has 4 heterocycles. The molecule has 2 aliphatic rings. The van der Waals surface area contributed by atoms with E-state index in [4.69, 9.17) is 0 Å². The molecule has 2 fully saturated rings. The first-order valence-corrected chi connectivity index (χ1v) is 8.65. The third-order valence-corrected chi connectivity index (χ3v) is 5.01. The first-order chi connectivity index (χ1) is 11.3. The Morgan fingerprint density at radius 1 is 1.13 bits per heavy atom. The zero-order valence-electron chi connectivity index (χ0n) is 13.8. The normalized spacial score (nSPS) is 21.2. The Balaban J connectivity index is 1.40. The molecule has 2 saturated heterocycles. The Morgan fingerprint density at radius 3 is 2.70 bits per heavy atom. The molecule has 2 aromatic rings. The van der Waals surface area contributed by atoms with Crippen molar-refractivity contribution in [3.8, 4) is 0 Å². The largest absolute Gasteiger partial charge is 0.353 e. The number of piperidine rings is 1. The maximum atomic E-state index is 4.50. The highest BCUT2D eigenvalue weighted by Crippen LogP contribution is 2.19. The molecule has 2 aliphatic heterocycles. The van der Waals surface area contributed by atoms with Crippen LogP contribution in [0.15, 0.2) is 12.4 Å². The number of piperazine rings is 1. The Hall–Kier alpha value is -1.73. The fourth-order valence-electron chi connectivity index (χ4n) is 3.71. The van der Waals surface area contributed by atoms with Gasteiger partial charge in [0.05, 0.1) is 12.4 Å². The fraction of sp³-hybridized carbons (Fsp3) is 0.688. The van der Waals surface area contributed by atoms with Crippen LogP contribution in [0.25, 0.3) is 5.65 Å². The molecule has 0 aliphatic carbocycles. The first-order valence-electron chi connectivity index (χ1n) is 8.65. The Kier molecular flexibility index (Phi) is 4.13. The minimum absolute atomic E-state index is 0.795. The standard InChI is InChI=1S/C16H25N7/c1-13-19-15-10-18-11-16(23(15)20-13)22-8-6-21(7-9-22)12-14-2-4-17-5-3-14/h10-11,14,17H,2-9,12H2,1H3. The number of nitrogens with zero attached hydrogens (tertiary/aromatic N) is 6. The second-order valence-electron chi connectivity index (χ2n) is 6.68. The van der Waals surface area contributed by atoms with Crippen molar-refractivity contribution < 1.29 is 0 Å². The lowest BCUT2D eigenvalue weighted by molar-refractivity contribution is 0.196. The zero-order valence-corrected chi connectivity index (χ0v) is 13.8. The van der Waals surface area contributed by atoms with Crippen molar-refractivity contribution in [2.75, 3.05) is 50.7 Å². The van der Waals surface area contributed by atoms with Gasteiger partial charge in [0.2, 0.25) is 0 Å². The van der Waals surface area contributed by atoms with Crippen LogP contribution in [0.5, 0.6) is 0 Å². The monoisotopic (exact) mass is 315 g/mol. The van der Waals surface area contributed by atoms with E-state index in [2.05, 4.69) is 30.2 Å². The molecule has 0 spiro atoms. The van der Waals surface area contributed by atoms with Gasteiger partial charge in [0, 0.05) is 32.7 Å². The SMILES string of the molecule is Cc1nc2cncc(N3CCN(CC4CCNCC4)CC3)n2n1. The van der Waals surface area contributed by atoms with Crippen molar-refractivity contribution in [3.63, 3.8) is 0 Å². The molecule has 0 bridgehead atoms. The lowest BCUT2D eigenvalue weighted by Crippen LogP contribution is -2.49. The molecule has 0 saturated carbocycles. The van der Waals surface area contributed by atoms with Crippen molar-refractivity contribution >= 4 is 11.5 Å². The summed E-state index contributed by atoms with van der Waals surface area (Å²) in [6.07, 6.45) is 6.32. The van der Waals surface area contributed by atoms with Gasteiger partial charge in [-0.05, 0) is 38.8 Å². The molecule has 0 radical (unpaired) electrons. The second-order valence-corrected chi connectivity index (χ2v) is 6.68. The lowest BCUT2D eigenvalue weighted by atomic mass is 9.97. The van der Waals surface area contributed by atoms with Crippen molar-refractivity contribution in [3.05, 3.63) is 18.2 Å². The minimum Gasteiger partial charge on any atom is -0.353 e. The number of aryl methyl sites for hydroxylation is 1. The second kappa shape index (κ2) is 6.41. The predicted molar refractivity (Wildman–Crippen MR) is 89.8 cm³/mol. The van der Waals surface area contributed by atoms with E-state index in [0.717, 1.165) is 49.4 Å². The van der Waals surface area contributed by atoms with Gasteiger partial charge < -0.3 is 10.2 Å². The molecular weight excluding hydrogens is 290 g/mol. The van der Waals surface area contributed by atoms with Crippen LogP contribution in [0, 0.1) is 12.8 Å². The highest BCUT2D eigenvalue weighted by molar-refractivity contribution is 5.47. The Bertz CT molecular complexity index is 653. The molecule has 0 aromatic carbocycles. The fourth-order valence-corrected chi connectivity index (χ4v) is 3.71. The number of aromatic nitrogens is 4. The van der Waals surface area contributed by atoms with Gasteiger partial charge in [0.15, 0.2) is 11.5 Å². The smallest absolute Gasteiger partial charge is 0.176 e. The topological polar surface area (TPSA) is 61.6 Å². The van der Waals surface area contributed by atoms with E-state index in [9.17, 15) is 0 Å². The highest BCUT2D eigenvalue weighted by Gasteiger charge is 2.23. The third-order valence-electron chi connectivity index (χ3n) is 5.01. The van der Waals surface area contributed by atoms with E-state index >= 15 is 0 Å². The third kappa shape index (κ3) is 3.16. The molecule has 124 valence electrons. The van der Waals surface area contributed by atoms with E-state index in [0.29, 0.717) is 0 Å². The summed E-state index contributed by atoms with van der Waals surface area (Å²) >= 11 is 0. The first kappa shape index (κ1) is 14.8. The van der Waals surface area contributed by atoms with Crippen molar-refractivity contribution in [2.45, 2.75) is 19.8 Å². The number of rotatable bonds is 3. The van der Waals surface area contributed by atoms with Crippen molar-refractivity contribution in [2.24, 2.45) is 5.92 Å². The van der Waals surface area contributed by atoms with Crippen LogP contribution in [0.3, 0.4) is 0 Å². The van der Waals surface area contributed by atoms with E-state index in [1.807, 2.05) is 17.6 Å². The van der Waals surface area contributed by atoms with Gasteiger partial charge in [0.1, 0.15) is 5.82 Å². The molecule has 2 aromatic heterocycles. The Morgan fingerprint density at radius 2 is 1.91 bits per heavy atom. The summed E-state index contributed by atoms with van der Waals surface area (Å²) in [6, 6.07) is 0. The van der Waals surface area contributed by atoms with E-state index < -0.39 is 0 Å². The van der Waals surface area contributed by atoms with Crippen LogP contribution in [-0.2, 0) is 0 Å². The van der Waals surface area contributed by atoms with Crippen LogP contribution in [0.1, 0.15) is 18.7 Å². The average Bonchev–Trinajstić information content (AvgIpc) is 2.97. The molecule has 0 unspecified atom stereocenters. The average molecular weight is 315 g/mol. The summed E-state index contributed by atoms with van der Waals surface area (Å²) in [5.41, 5.74) is 0.831. The van der Waals surface area contributed by atoms with Crippen LogP contribution in [-0.4, -0.2) is 70.3 Å². The van der Waals surface area contributed by atoms with Gasteiger partial charge in [-0.15, -0.1) is 5.10 Å². The summed E-state index contributed by atoms with van der Waals surface area (Å²) < 4.78 is 1.92. The van der Waals surface area contributed by atoms with Gasteiger partial charge in [-0.3, -0.25) is 9.88 Å². The molecule has 0 amide bonds. The maximum Gasteiger partial charge on any atom is 0.176 e. The van der Waals surface area contributed by atoms with Crippen LogP contribution in [0.4, 0.5) is 5.82 Å². The minimum atomic E-state index is 0.795. The summed E-state index contributed by atoms with van der Waals surface area (Å²) in [5, 5.41) is 7.95. The number of hydrogen-bond donors (Lipinski definition) is 1. The van der Waals surface area contributed by atoms with Gasteiger partial charge in [-0.2, -0.15) is 4.52 Å². The molecule has 7 heteroatoms. The molecule has 7 nitrogen and oxygen atoms in total. The van der Waals surface area contributed by atoms with Crippen LogP contribution < -0.4 is 10.2 Å². The Labute approximate surface area is 136 Å². The van der Waals surface area contributed by atoms with Gasteiger partial charge in [-0.1, -0.05) is 0 Å². The quantitative estimate of drug-likeness (QED) is 0.893. The number of nitrogens with one attached hydrogen (secondary N) is 1. The van der Waals surface area contributed by atoms with E-state index in [1.54, 1.807) is 6.20 Å². The van der Waals surface area contributed by atoms with Crippen LogP contribution >= 0.6 is 0 Å². The summed E-state index contributed by atoms with van der Waals surface area (Å²) in [6.45, 7) is 9.85. The van der Waals surface area contributed by atoms with Crippen molar-refractivity contribution in [1.82, 2.24) is 29.8 Å². The van der Waals surface area contributed by atoms with Crippen molar-refractivity contribution in [1.29, 1.82) is 0 Å². The van der Waals surface area contributed by atoms with E-state index in [-0.39, 0.29) is 0 Å². The summed E-state index contributed by atoms with van der Waals surface area (Å²) in [7, 11) is 0. The number of anilines is 1.